The minimum atomic E-state index is -2.60. The highest BCUT2D eigenvalue weighted by molar-refractivity contribution is 7.37. The van der Waals surface area contributed by atoms with Crippen molar-refractivity contribution in [1.29, 1.82) is 0 Å². The van der Waals surface area contributed by atoms with Gasteiger partial charge < -0.3 is 20.1 Å². The second kappa shape index (κ2) is 8.39. The Balaban J connectivity index is 4.53. The standard InChI is InChI=1S/C10H21NO7P/c1-10(2,3)18-9(15)11(4-5-12)19(16)17-7-8(14)6-13/h8,12-14H,4-7H2,1-3H3/q+1/t8-/m1/s1. The number of aliphatic hydroxyl groups excluding tert-OH is 3. The Morgan fingerprint density at radius 2 is 1.95 bits per heavy atom. The topological polar surface area (TPSA) is 117 Å². The number of nitrogens with zero attached hydrogens (tertiary/aromatic N) is 1. The van der Waals surface area contributed by atoms with E-state index < -0.39 is 45.8 Å². The molecule has 0 aliphatic heterocycles. The summed E-state index contributed by atoms with van der Waals surface area (Å²) in [4.78, 5) is 11.7. The summed E-state index contributed by atoms with van der Waals surface area (Å²) in [5.74, 6) is 0. The molecule has 0 aliphatic carbocycles. The Bertz CT molecular complexity index is 305. The van der Waals surface area contributed by atoms with Gasteiger partial charge in [-0.15, -0.1) is 4.52 Å². The monoisotopic (exact) mass is 298 g/mol. The quantitative estimate of drug-likeness (QED) is 0.576. The van der Waals surface area contributed by atoms with Crippen molar-refractivity contribution in [2.75, 3.05) is 26.4 Å². The van der Waals surface area contributed by atoms with Gasteiger partial charge in [-0.3, -0.25) is 0 Å². The van der Waals surface area contributed by atoms with Crippen LogP contribution in [0.3, 0.4) is 0 Å². The van der Waals surface area contributed by atoms with Gasteiger partial charge in [-0.25, -0.2) is 4.79 Å². The van der Waals surface area contributed by atoms with Gasteiger partial charge in [0.25, 0.3) is 0 Å². The van der Waals surface area contributed by atoms with Crippen molar-refractivity contribution in [3.05, 3.63) is 0 Å². The first-order valence-corrected chi connectivity index (χ1v) is 6.84. The van der Waals surface area contributed by atoms with E-state index in [9.17, 15) is 9.36 Å². The molecule has 0 radical (unpaired) electrons. The van der Waals surface area contributed by atoms with Crippen LogP contribution in [0, 0.1) is 0 Å². The Kier molecular flexibility index (Phi) is 8.05. The lowest BCUT2D eigenvalue weighted by Crippen LogP contribution is -2.34. The number of aliphatic hydroxyl groups is 3. The van der Waals surface area contributed by atoms with Gasteiger partial charge in [0, 0.05) is 0 Å². The number of rotatable bonds is 7. The summed E-state index contributed by atoms with van der Waals surface area (Å²) in [6.07, 6.45) is -2.07. The summed E-state index contributed by atoms with van der Waals surface area (Å²) in [5, 5.41) is 26.5. The predicted molar refractivity (Wildman–Crippen MR) is 66.7 cm³/mol. The van der Waals surface area contributed by atoms with Crippen LogP contribution in [0.15, 0.2) is 0 Å². The maximum absolute atomic E-state index is 11.7. The highest BCUT2D eigenvalue weighted by Crippen LogP contribution is 2.30. The zero-order valence-corrected chi connectivity index (χ0v) is 12.2. The lowest BCUT2D eigenvalue weighted by atomic mass is 10.2. The van der Waals surface area contributed by atoms with Gasteiger partial charge in [0.1, 0.15) is 18.3 Å². The average molecular weight is 298 g/mol. The first-order chi connectivity index (χ1) is 8.71. The normalized spacial score (nSPS) is 13.9. The summed E-state index contributed by atoms with van der Waals surface area (Å²) in [6, 6.07) is 0. The third-order valence-electron chi connectivity index (χ3n) is 1.70. The molecule has 9 heteroatoms. The van der Waals surface area contributed by atoms with Crippen molar-refractivity contribution in [2.45, 2.75) is 32.5 Å². The van der Waals surface area contributed by atoms with E-state index in [1.807, 2.05) is 0 Å². The molecule has 0 aliphatic rings. The molecule has 0 spiro atoms. The molecule has 0 bridgehead atoms. The molecule has 112 valence electrons. The molecule has 2 atom stereocenters. The summed E-state index contributed by atoms with van der Waals surface area (Å²) < 4.78 is 22.2. The second-order valence-corrected chi connectivity index (χ2v) is 5.91. The van der Waals surface area contributed by atoms with E-state index in [0.717, 1.165) is 4.67 Å². The van der Waals surface area contributed by atoms with Gasteiger partial charge in [-0.05, 0) is 25.3 Å². The van der Waals surface area contributed by atoms with E-state index in [-0.39, 0.29) is 6.54 Å². The van der Waals surface area contributed by atoms with Crippen LogP contribution in [-0.2, 0) is 13.8 Å². The van der Waals surface area contributed by atoms with Gasteiger partial charge >= 0.3 is 14.3 Å². The van der Waals surface area contributed by atoms with Crippen molar-refractivity contribution in [2.24, 2.45) is 0 Å². The molecule has 0 saturated heterocycles. The third-order valence-corrected chi connectivity index (χ3v) is 2.83. The van der Waals surface area contributed by atoms with Crippen LogP contribution in [-0.4, -0.2) is 64.2 Å². The predicted octanol–water partition coefficient (Wildman–Crippen LogP) is 0.243. The largest absolute Gasteiger partial charge is 0.651 e. The summed E-state index contributed by atoms with van der Waals surface area (Å²) in [6.45, 7) is 3.36. The van der Waals surface area contributed by atoms with Gasteiger partial charge in [0.2, 0.25) is 0 Å². The van der Waals surface area contributed by atoms with E-state index in [0.29, 0.717) is 0 Å². The molecule has 3 N–H and O–H groups in total. The van der Waals surface area contributed by atoms with Crippen LogP contribution < -0.4 is 0 Å². The molecule has 19 heavy (non-hydrogen) atoms. The lowest BCUT2D eigenvalue weighted by molar-refractivity contribution is 0.0307. The Morgan fingerprint density at radius 3 is 2.37 bits per heavy atom. The van der Waals surface area contributed by atoms with E-state index in [1.54, 1.807) is 20.8 Å². The fraction of sp³-hybridized carbons (Fsp3) is 0.900. The highest BCUT2D eigenvalue weighted by Gasteiger charge is 2.38. The first-order valence-electron chi connectivity index (χ1n) is 5.71. The maximum atomic E-state index is 11.7. The lowest BCUT2D eigenvalue weighted by Gasteiger charge is -2.20. The first kappa shape index (κ1) is 18.2. The summed E-state index contributed by atoms with van der Waals surface area (Å²) >= 11 is 0. The molecule has 0 aromatic heterocycles. The van der Waals surface area contributed by atoms with Crippen LogP contribution in [0.4, 0.5) is 4.79 Å². The van der Waals surface area contributed by atoms with Crippen LogP contribution in [0.1, 0.15) is 20.8 Å². The fourth-order valence-electron chi connectivity index (χ4n) is 0.921. The van der Waals surface area contributed by atoms with Crippen LogP contribution in [0.25, 0.3) is 0 Å². The van der Waals surface area contributed by atoms with Crippen molar-refractivity contribution in [3.63, 3.8) is 0 Å². The molecule has 0 rings (SSSR count). The molecule has 0 saturated carbocycles. The molecule has 0 fully saturated rings. The van der Waals surface area contributed by atoms with Crippen molar-refractivity contribution < 1.29 is 33.9 Å². The molecule has 1 unspecified atom stereocenters. The van der Waals surface area contributed by atoms with Crippen LogP contribution in [0.5, 0.6) is 0 Å². The third kappa shape index (κ3) is 8.07. The second-order valence-electron chi connectivity index (χ2n) is 4.70. The van der Waals surface area contributed by atoms with E-state index in [2.05, 4.69) is 0 Å². The van der Waals surface area contributed by atoms with Crippen molar-refractivity contribution >= 4 is 14.3 Å². The molecule has 0 heterocycles. The number of hydrogen-bond acceptors (Lipinski definition) is 7. The molecular weight excluding hydrogens is 277 g/mol. The summed E-state index contributed by atoms with van der Waals surface area (Å²) in [7, 11) is -2.60. The van der Waals surface area contributed by atoms with E-state index >= 15 is 0 Å². The number of carbonyl (C=O) groups excluding carboxylic acids is 1. The Hall–Kier alpha value is -0.790. The zero-order valence-electron chi connectivity index (χ0n) is 11.3. The smallest absolute Gasteiger partial charge is 0.441 e. The minimum absolute atomic E-state index is 0.223. The number of amides is 1. The van der Waals surface area contributed by atoms with E-state index in [4.69, 9.17) is 24.6 Å². The fourth-order valence-corrected chi connectivity index (χ4v) is 1.79. The van der Waals surface area contributed by atoms with Crippen molar-refractivity contribution in [3.8, 4) is 0 Å². The van der Waals surface area contributed by atoms with Gasteiger partial charge in [-0.2, -0.15) is 0 Å². The Morgan fingerprint density at radius 1 is 1.37 bits per heavy atom. The van der Waals surface area contributed by atoms with Crippen LogP contribution in [0.2, 0.25) is 0 Å². The molecule has 1 amide bonds. The van der Waals surface area contributed by atoms with E-state index in [1.165, 1.54) is 0 Å². The minimum Gasteiger partial charge on any atom is -0.441 e. The van der Waals surface area contributed by atoms with Gasteiger partial charge in [-0.1, -0.05) is 4.67 Å². The summed E-state index contributed by atoms with van der Waals surface area (Å²) in [5.41, 5.74) is -0.772. The van der Waals surface area contributed by atoms with Crippen LogP contribution >= 0.6 is 8.18 Å². The van der Waals surface area contributed by atoms with Gasteiger partial charge in [0.05, 0.1) is 19.8 Å². The molecule has 8 nitrogen and oxygen atoms in total. The number of ether oxygens (including phenoxy) is 1. The molecule has 0 aromatic rings. The number of carbonyl (C=O) groups is 1. The SMILES string of the molecule is CC(C)(C)OC(=O)N(CCO)[P+](=O)OC[C@H](O)CO. The average Bonchev–Trinajstić information content (AvgIpc) is 2.30. The van der Waals surface area contributed by atoms with Crippen molar-refractivity contribution in [1.82, 2.24) is 4.67 Å². The maximum Gasteiger partial charge on any atom is 0.651 e. The molecule has 0 aromatic carbocycles. The molecular formula is C10H21NO7P+. The van der Waals surface area contributed by atoms with Gasteiger partial charge in [0.15, 0.2) is 0 Å². The number of hydrogen-bond donors (Lipinski definition) is 3. The Labute approximate surface area is 112 Å². The zero-order chi connectivity index (χ0) is 15.1. The highest BCUT2D eigenvalue weighted by atomic mass is 31.1.